The third-order valence-electron chi connectivity index (χ3n) is 8.83. The van der Waals surface area contributed by atoms with Crippen molar-refractivity contribution in [3.8, 4) is 22.8 Å². The molecule has 2 bridgehead atoms. The highest BCUT2D eigenvalue weighted by atomic mass is 32.1. The molecule has 0 radical (unpaired) electrons. The zero-order valence-corrected chi connectivity index (χ0v) is 21.1. The number of likely N-dealkylation sites (tertiary alicyclic amines) is 1. The van der Waals surface area contributed by atoms with Crippen LogP contribution in [0.1, 0.15) is 28.1 Å². The van der Waals surface area contributed by atoms with Crippen LogP contribution in [-0.2, 0) is 24.7 Å². The van der Waals surface area contributed by atoms with Crippen LogP contribution in [0.4, 0.5) is 0 Å². The zero-order chi connectivity index (χ0) is 23.9. The van der Waals surface area contributed by atoms with Gasteiger partial charge in [0.05, 0.1) is 25.5 Å². The molecule has 4 aromatic rings. The Labute approximate surface area is 208 Å². The molecular formula is C28H29N3O3S. The Bertz CT molecular complexity index is 1460. The summed E-state index contributed by atoms with van der Waals surface area (Å²) < 4.78 is 13.2. The normalized spacial score (nSPS) is 27.3. The molecule has 180 valence electrons. The molecule has 0 saturated carbocycles. The summed E-state index contributed by atoms with van der Waals surface area (Å²) in [4.78, 5) is 9.61. The molecule has 1 fully saturated rings. The molecule has 2 aromatic carbocycles. The number of likely N-dealkylation sites (N-methyl/N-ethyl adjacent to an activating group) is 1. The Hall–Kier alpha value is -2.87. The molecule has 6 nitrogen and oxygen atoms in total. The molecule has 1 saturated heterocycles. The molecule has 1 aliphatic heterocycles. The highest BCUT2D eigenvalue weighted by Gasteiger charge is 2.64. The number of hydrogen-bond acceptors (Lipinski definition) is 6. The van der Waals surface area contributed by atoms with Crippen LogP contribution >= 0.6 is 11.3 Å². The van der Waals surface area contributed by atoms with E-state index in [0.717, 1.165) is 53.5 Å². The van der Waals surface area contributed by atoms with Crippen molar-refractivity contribution in [3.63, 3.8) is 0 Å². The standard InChI is InChI=1S/C28H29N3O3S/c1-30-11-10-27-14-23-24(15-28(27,32)25(30)12-18-6-9-20(34-3)13-21(18)27)35-26-29-22(16-31(23)26)17-4-7-19(33-2)8-5-17/h4-9,13,16,25,32H,10-12,14-15H2,1-3H3/t25-,27-,28+/m0/s1. The van der Waals surface area contributed by atoms with Crippen molar-refractivity contribution in [2.24, 2.45) is 0 Å². The van der Waals surface area contributed by atoms with Gasteiger partial charge in [0.15, 0.2) is 4.96 Å². The molecule has 3 heterocycles. The van der Waals surface area contributed by atoms with Crippen LogP contribution in [0, 0.1) is 0 Å². The van der Waals surface area contributed by atoms with Crippen LogP contribution in [0.5, 0.6) is 11.5 Å². The average Bonchev–Trinajstić information content (AvgIpc) is 3.42. The van der Waals surface area contributed by atoms with E-state index in [1.807, 2.05) is 12.1 Å². The van der Waals surface area contributed by atoms with Gasteiger partial charge in [-0.3, -0.25) is 4.40 Å². The summed E-state index contributed by atoms with van der Waals surface area (Å²) in [5, 5.41) is 12.5. The summed E-state index contributed by atoms with van der Waals surface area (Å²) in [7, 11) is 5.57. The number of aliphatic hydroxyl groups is 1. The van der Waals surface area contributed by atoms with Gasteiger partial charge in [-0.2, -0.15) is 0 Å². The average molecular weight is 488 g/mol. The first-order valence-corrected chi connectivity index (χ1v) is 13.0. The molecule has 35 heavy (non-hydrogen) atoms. The van der Waals surface area contributed by atoms with Crippen molar-refractivity contribution in [2.75, 3.05) is 27.8 Å². The van der Waals surface area contributed by atoms with Crippen LogP contribution in [0.3, 0.4) is 0 Å². The number of hydrogen-bond donors (Lipinski definition) is 1. The second-order valence-electron chi connectivity index (χ2n) is 10.3. The maximum atomic E-state index is 12.5. The predicted octanol–water partition coefficient (Wildman–Crippen LogP) is 4.11. The fourth-order valence-corrected chi connectivity index (χ4v) is 8.15. The first kappa shape index (κ1) is 21.4. The number of fused-ring (bicyclic) bond motifs is 4. The summed E-state index contributed by atoms with van der Waals surface area (Å²) in [6.45, 7) is 0.979. The molecule has 3 atom stereocenters. The lowest BCUT2D eigenvalue weighted by Gasteiger charge is -2.62. The molecule has 2 aliphatic carbocycles. The SMILES string of the molecule is COc1ccc(-c2cn3c4c(sc3n2)C[C@@]2(O)[C@@H]3Cc5ccc(OC)cc5[C@]2(CCN3C)C4)cc1. The highest BCUT2D eigenvalue weighted by molar-refractivity contribution is 7.17. The smallest absolute Gasteiger partial charge is 0.194 e. The minimum absolute atomic E-state index is 0.106. The first-order chi connectivity index (χ1) is 17.0. The lowest BCUT2D eigenvalue weighted by molar-refractivity contribution is -0.144. The number of piperidine rings is 1. The Morgan fingerprint density at radius 2 is 1.83 bits per heavy atom. The van der Waals surface area contributed by atoms with Crippen LogP contribution < -0.4 is 9.47 Å². The van der Waals surface area contributed by atoms with E-state index in [2.05, 4.69) is 52.9 Å². The van der Waals surface area contributed by atoms with Gasteiger partial charge in [-0.25, -0.2) is 4.98 Å². The van der Waals surface area contributed by atoms with Crippen LogP contribution in [0.15, 0.2) is 48.7 Å². The van der Waals surface area contributed by atoms with Crippen molar-refractivity contribution < 1.29 is 14.6 Å². The van der Waals surface area contributed by atoms with E-state index in [-0.39, 0.29) is 11.5 Å². The van der Waals surface area contributed by atoms with Gasteiger partial charge >= 0.3 is 0 Å². The summed E-state index contributed by atoms with van der Waals surface area (Å²) in [5.41, 5.74) is 4.79. The van der Waals surface area contributed by atoms with E-state index in [1.54, 1.807) is 25.6 Å². The lowest BCUT2D eigenvalue weighted by Crippen LogP contribution is -2.73. The third-order valence-corrected chi connectivity index (χ3v) is 9.93. The Morgan fingerprint density at radius 1 is 1.06 bits per heavy atom. The first-order valence-electron chi connectivity index (χ1n) is 12.2. The minimum atomic E-state index is -0.811. The van der Waals surface area contributed by atoms with Crippen LogP contribution in [0.2, 0.25) is 0 Å². The number of methoxy groups -OCH3 is 2. The van der Waals surface area contributed by atoms with Gasteiger partial charge in [-0.1, -0.05) is 6.07 Å². The molecule has 2 aromatic heterocycles. The van der Waals surface area contributed by atoms with E-state index in [4.69, 9.17) is 14.5 Å². The van der Waals surface area contributed by atoms with E-state index < -0.39 is 5.60 Å². The van der Waals surface area contributed by atoms with Gasteiger partial charge in [-0.05, 0) is 74.0 Å². The number of ether oxygens (including phenoxy) is 2. The second-order valence-corrected chi connectivity index (χ2v) is 11.4. The van der Waals surface area contributed by atoms with E-state index in [1.165, 1.54) is 21.7 Å². The van der Waals surface area contributed by atoms with E-state index >= 15 is 0 Å². The minimum Gasteiger partial charge on any atom is -0.497 e. The van der Waals surface area contributed by atoms with Crippen molar-refractivity contribution in [1.29, 1.82) is 0 Å². The number of benzene rings is 2. The number of thiazole rings is 1. The fraction of sp³-hybridized carbons (Fsp3) is 0.393. The zero-order valence-electron chi connectivity index (χ0n) is 20.2. The lowest BCUT2D eigenvalue weighted by atomic mass is 9.50. The number of rotatable bonds is 3. The molecule has 0 spiro atoms. The van der Waals surface area contributed by atoms with Crippen molar-refractivity contribution in [2.45, 2.75) is 42.7 Å². The van der Waals surface area contributed by atoms with Gasteiger partial charge in [0.2, 0.25) is 0 Å². The highest BCUT2D eigenvalue weighted by Crippen LogP contribution is 2.58. The van der Waals surface area contributed by atoms with Gasteiger partial charge in [0.1, 0.15) is 11.5 Å². The maximum Gasteiger partial charge on any atom is 0.194 e. The van der Waals surface area contributed by atoms with E-state index in [0.29, 0.717) is 6.42 Å². The number of aromatic nitrogens is 2. The quantitative estimate of drug-likeness (QED) is 0.471. The molecule has 3 aliphatic rings. The van der Waals surface area contributed by atoms with Gasteiger partial charge in [-0.15, -0.1) is 11.3 Å². The Balaban J connectivity index is 1.39. The van der Waals surface area contributed by atoms with Crippen molar-refractivity contribution in [1.82, 2.24) is 14.3 Å². The molecule has 7 heteroatoms. The monoisotopic (exact) mass is 487 g/mol. The van der Waals surface area contributed by atoms with Crippen LogP contribution in [0.25, 0.3) is 16.2 Å². The number of imidazole rings is 1. The van der Waals surface area contributed by atoms with Crippen molar-refractivity contribution >= 4 is 16.3 Å². The van der Waals surface area contributed by atoms with Crippen LogP contribution in [-0.4, -0.2) is 58.8 Å². The topological polar surface area (TPSA) is 59.2 Å². The predicted molar refractivity (Wildman–Crippen MR) is 137 cm³/mol. The number of nitrogens with zero attached hydrogens (tertiary/aromatic N) is 3. The summed E-state index contributed by atoms with van der Waals surface area (Å²) >= 11 is 1.73. The van der Waals surface area contributed by atoms with Gasteiger partial charge in [0.25, 0.3) is 0 Å². The van der Waals surface area contributed by atoms with Crippen molar-refractivity contribution in [3.05, 3.63) is 70.4 Å². The molecule has 0 unspecified atom stereocenters. The molecule has 1 N–H and O–H groups in total. The summed E-state index contributed by atoms with van der Waals surface area (Å²) in [5.74, 6) is 1.71. The Morgan fingerprint density at radius 3 is 2.60 bits per heavy atom. The van der Waals surface area contributed by atoms with Gasteiger partial charge in [0, 0.05) is 46.6 Å². The third kappa shape index (κ3) is 2.80. The second kappa shape index (κ2) is 7.32. The fourth-order valence-electron chi connectivity index (χ4n) is 6.94. The summed E-state index contributed by atoms with van der Waals surface area (Å²) in [6, 6.07) is 14.6. The van der Waals surface area contributed by atoms with E-state index in [9.17, 15) is 5.11 Å². The largest absolute Gasteiger partial charge is 0.497 e. The summed E-state index contributed by atoms with van der Waals surface area (Å²) in [6.07, 6.45) is 5.43. The molecular weight excluding hydrogens is 458 g/mol. The van der Waals surface area contributed by atoms with Gasteiger partial charge < -0.3 is 19.5 Å². The molecule has 7 rings (SSSR count). The molecule has 0 amide bonds. The Kier molecular flexibility index (Phi) is 4.48. The maximum absolute atomic E-state index is 12.5.